The van der Waals surface area contributed by atoms with Crippen molar-refractivity contribution in [2.75, 3.05) is 11.9 Å². The van der Waals surface area contributed by atoms with Gasteiger partial charge in [-0.3, -0.25) is 9.59 Å². The van der Waals surface area contributed by atoms with Crippen molar-refractivity contribution < 1.29 is 9.59 Å². The highest BCUT2D eigenvalue weighted by Crippen LogP contribution is 2.31. The van der Waals surface area contributed by atoms with Crippen molar-refractivity contribution in [1.29, 1.82) is 0 Å². The van der Waals surface area contributed by atoms with Crippen LogP contribution in [0.15, 0.2) is 18.2 Å². The summed E-state index contributed by atoms with van der Waals surface area (Å²) in [5.74, 6) is -0.0994. The Labute approximate surface area is 125 Å². The second-order valence-corrected chi connectivity index (χ2v) is 6.34. The van der Waals surface area contributed by atoms with Crippen molar-refractivity contribution in [3.8, 4) is 0 Å². The number of nitrogens with zero attached hydrogens (tertiary/aromatic N) is 1. The third-order valence-electron chi connectivity index (χ3n) is 4.70. The van der Waals surface area contributed by atoms with Gasteiger partial charge in [-0.2, -0.15) is 0 Å². The van der Waals surface area contributed by atoms with Crippen LogP contribution in [0.4, 0.5) is 5.69 Å². The van der Waals surface area contributed by atoms with Crippen molar-refractivity contribution in [3.63, 3.8) is 0 Å². The van der Waals surface area contributed by atoms with E-state index in [4.69, 9.17) is 0 Å². The molecule has 1 saturated heterocycles. The molecule has 1 saturated carbocycles. The number of carbonyl (C=O) groups excluding carboxylic acids is 2. The molecule has 2 aliphatic rings. The van der Waals surface area contributed by atoms with Crippen LogP contribution in [-0.2, 0) is 9.59 Å². The van der Waals surface area contributed by atoms with Gasteiger partial charge in [0.2, 0.25) is 11.8 Å². The van der Waals surface area contributed by atoms with Gasteiger partial charge in [-0.25, -0.2) is 0 Å². The highest BCUT2D eigenvalue weighted by molar-refractivity contribution is 5.97. The number of likely N-dealkylation sites (tertiary alicyclic amines) is 1. The van der Waals surface area contributed by atoms with Gasteiger partial charge in [0, 0.05) is 24.7 Å². The molecule has 1 atom stereocenters. The summed E-state index contributed by atoms with van der Waals surface area (Å²) in [6, 6.07) is 6.40. The topological polar surface area (TPSA) is 49.4 Å². The van der Waals surface area contributed by atoms with E-state index in [-0.39, 0.29) is 17.7 Å². The van der Waals surface area contributed by atoms with E-state index in [0.717, 1.165) is 29.7 Å². The van der Waals surface area contributed by atoms with Crippen LogP contribution in [0.3, 0.4) is 0 Å². The first-order chi connectivity index (χ1) is 10.0. The van der Waals surface area contributed by atoms with Gasteiger partial charge in [0.05, 0.1) is 5.92 Å². The van der Waals surface area contributed by atoms with Crippen molar-refractivity contribution >= 4 is 17.5 Å². The molecule has 1 heterocycles. The van der Waals surface area contributed by atoms with Gasteiger partial charge in [0.15, 0.2) is 0 Å². The average Bonchev–Trinajstić information content (AvgIpc) is 2.74. The molecule has 0 bridgehead atoms. The van der Waals surface area contributed by atoms with Crippen molar-refractivity contribution in [2.24, 2.45) is 5.92 Å². The second kappa shape index (κ2) is 5.51. The Balaban J connectivity index is 1.66. The first-order valence-electron chi connectivity index (χ1n) is 7.72. The van der Waals surface area contributed by atoms with E-state index >= 15 is 0 Å². The standard InChI is InChI=1S/C17H22N2O2/c1-11-6-7-12(2)15(8-11)18-17(21)13-9-16(20)19(10-13)14-4-3-5-14/h6-8,13-14H,3-5,9-10H2,1-2H3,(H,18,21). The molecule has 1 aliphatic carbocycles. The Morgan fingerprint density at radius 3 is 2.71 bits per heavy atom. The van der Waals surface area contributed by atoms with Crippen LogP contribution in [0.5, 0.6) is 0 Å². The summed E-state index contributed by atoms with van der Waals surface area (Å²) in [5.41, 5.74) is 3.03. The number of carbonyl (C=O) groups is 2. The van der Waals surface area contributed by atoms with Crippen LogP contribution in [0.2, 0.25) is 0 Å². The molecule has 2 fully saturated rings. The molecule has 1 aliphatic heterocycles. The number of benzene rings is 1. The Morgan fingerprint density at radius 2 is 2.05 bits per heavy atom. The van der Waals surface area contributed by atoms with Gasteiger partial charge in [0.1, 0.15) is 0 Å². The molecular weight excluding hydrogens is 264 g/mol. The van der Waals surface area contributed by atoms with E-state index in [1.165, 1.54) is 6.42 Å². The van der Waals surface area contributed by atoms with Crippen LogP contribution in [-0.4, -0.2) is 29.3 Å². The zero-order valence-corrected chi connectivity index (χ0v) is 12.7. The predicted octanol–water partition coefficient (Wildman–Crippen LogP) is 2.64. The molecule has 1 aromatic rings. The van der Waals surface area contributed by atoms with E-state index in [1.807, 2.05) is 36.9 Å². The van der Waals surface area contributed by atoms with E-state index in [2.05, 4.69) is 5.32 Å². The van der Waals surface area contributed by atoms with Gasteiger partial charge in [-0.05, 0) is 50.3 Å². The van der Waals surface area contributed by atoms with Crippen LogP contribution < -0.4 is 5.32 Å². The van der Waals surface area contributed by atoms with E-state index in [9.17, 15) is 9.59 Å². The van der Waals surface area contributed by atoms with Gasteiger partial charge in [-0.1, -0.05) is 12.1 Å². The molecular formula is C17H22N2O2. The number of nitrogens with one attached hydrogen (secondary N) is 1. The summed E-state index contributed by atoms with van der Waals surface area (Å²) in [4.78, 5) is 26.4. The van der Waals surface area contributed by atoms with E-state index in [1.54, 1.807) is 0 Å². The lowest BCUT2D eigenvalue weighted by molar-refractivity contribution is -0.131. The number of hydrogen-bond donors (Lipinski definition) is 1. The Kier molecular flexibility index (Phi) is 3.70. The molecule has 1 unspecified atom stereocenters. The van der Waals surface area contributed by atoms with Crippen LogP contribution in [0, 0.1) is 19.8 Å². The normalized spacial score (nSPS) is 22.3. The number of rotatable bonds is 3. The number of anilines is 1. The third kappa shape index (κ3) is 2.80. The predicted molar refractivity (Wildman–Crippen MR) is 82.0 cm³/mol. The van der Waals surface area contributed by atoms with E-state index in [0.29, 0.717) is 19.0 Å². The first kappa shape index (κ1) is 14.1. The number of aryl methyl sites for hydroxylation is 2. The number of amides is 2. The molecule has 0 spiro atoms. The van der Waals surface area contributed by atoms with Crippen LogP contribution >= 0.6 is 0 Å². The Bertz CT molecular complexity index is 578. The minimum atomic E-state index is -0.210. The van der Waals surface area contributed by atoms with Gasteiger partial charge in [-0.15, -0.1) is 0 Å². The minimum absolute atomic E-state index is 0.0288. The van der Waals surface area contributed by atoms with Crippen LogP contribution in [0.1, 0.15) is 36.8 Å². The maximum Gasteiger partial charge on any atom is 0.229 e. The van der Waals surface area contributed by atoms with Crippen molar-refractivity contribution in [3.05, 3.63) is 29.3 Å². The van der Waals surface area contributed by atoms with E-state index < -0.39 is 0 Å². The van der Waals surface area contributed by atoms with Gasteiger partial charge < -0.3 is 10.2 Å². The Morgan fingerprint density at radius 1 is 1.29 bits per heavy atom. The third-order valence-corrected chi connectivity index (χ3v) is 4.70. The molecule has 0 aromatic heterocycles. The zero-order valence-electron chi connectivity index (χ0n) is 12.7. The lowest BCUT2D eigenvalue weighted by atomic mass is 9.92. The maximum atomic E-state index is 12.4. The second-order valence-electron chi connectivity index (χ2n) is 6.34. The van der Waals surface area contributed by atoms with Crippen molar-refractivity contribution in [2.45, 2.75) is 45.6 Å². The summed E-state index contributed by atoms with van der Waals surface area (Å²) >= 11 is 0. The molecule has 4 heteroatoms. The lowest BCUT2D eigenvalue weighted by Crippen LogP contribution is -2.41. The number of hydrogen-bond acceptors (Lipinski definition) is 2. The highest BCUT2D eigenvalue weighted by atomic mass is 16.2. The molecule has 0 radical (unpaired) electrons. The van der Waals surface area contributed by atoms with Gasteiger partial charge in [0.25, 0.3) is 0 Å². The van der Waals surface area contributed by atoms with Crippen LogP contribution in [0.25, 0.3) is 0 Å². The fourth-order valence-electron chi connectivity index (χ4n) is 3.06. The molecule has 2 amide bonds. The first-order valence-corrected chi connectivity index (χ1v) is 7.72. The highest BCUT2D eigenvalue weighted by Gasteiger charge is 2.39. The summed E-state index contributed by atoms with van der Waals surface area (Å²) in [6.07, 6.45) is 3.75. The molecule has 21 heavy (non-hydrogen) atoms. The SMILES string of the molecule is Cc1ccc(C)c(NC(=O)C2CC(=O)N(C3CCC3)C2)c1. The van der Waals surface area contributed by atoms with Gasteiger partial charge >= 0.3 is 0 Å². The monoisotopic (exact) mass is 286 g/mol. The minimum Gasteiger partial charge on any atom is -0.339 e. The summed E-state index contributed by atoms with van der Waals surface area (Å²) < 4.78 is 0. The summed E-state index contributed by atoms with van der Waals surface area (Å²) in [7, 11) is 0. The average molecular weight is 286 g/mol. The summed E-state index contributed by atoms with van der Waals surface area (Å²) in [6.45, 7) is 4.57. The lowest BCUT2D eigenvalue weighted by Gasteiger charge is -2.34. The molecule has 112 valence electrons. The quantitative estimate of drug-likeness (QED) is 0.928. The fraction of sp³-hybridized carbons (Fsp3) is 0.529. The van der Waals surface area contributed by atoms with Crippen molar-refractivity contribution in [1.82, 2.24) is 4.90 Å². The summed E-state index contributed by atoms with van der Waals surface area (Å²) in [5, 5.41) is 2.99. The molecule has 1 N–H and O–H groups in total. The smallest absolute Gasteiger partial charge is 0.229 e. The molecule has 4 nitrogen and oxygen atoms in total. The fourth-order valence-corrected chi connectivity index (χ4v) is 3.06. The maximum absolute atomic E-state index is 12.4. The Hall–Kier alpha value is -1.84. The zero-order chi connectivity index (χ0) is 15.0. The molecule has 3 rings (SSSR count). The largest absolute Gasteiger partial charge is 0.339 e. The molecule has 1 aromatic carbocycles.